The van der Waals surface area contributed by atoms with Gasteiger partial charge in [-0.25, -0.2) is 4.57 Å². The highest BCUT2D eigenvalue weighted by atomic mass is 31.2. The van der Waals surface area contributed by atoms with Gasteiger partial charge in [0.15, 0.2) is 0 Å². The topological polar surface area (TPSA) is 94.8 Å². The standard InChI is InChI=1S/C10H8.CH2O.H3O4P/c1-2-6-10-8-4-3-7-9(10)5-1;1-2;1-5(2,3)4/h1-8H;1H2;(H3,1,2,3,4). The quantitative estimate of drug-likeness (QED) is 0.624. The van der Waals surface area contributed by atoms with Crippen LogP contribution in [0.4, 0.5) is 0 Å². The van der Waals surface area contributed by atoms with Crippen LogP contribution in [0.1, 0.15) is 0 Å². The first kappa shape index (κ1) is 15.5. The van der Waals surface area contributed by atoms with Crippen LogP contribution in [0.3, 0.4) is 0 Å². The van der Waals surface area contributed by atoms with E-state index in [4.69, 9.17) is 24.0 Å². The van der Waals surface area contributed by atoms with Crippen molar-refractivity contribution >= 4 is 25.4 Å². The Kier molecular flexibility index (Phi) is 7.02. The Balaban J connectivity index is 0.000000315. The molecule has 0 aliphatic heterocycles. The second kappa shape index (κ2) is 7.70. The highest BCUT2D eigenvalue weighted by Gasteiger charge is 2.00. The molecule has 0 fully saturated rings. The van der Waals surface area contributed by atoms with Crippen LogP contribution in [0.15, 0.2) is 48.5 Å². The fraction of sp³-hybridized carbons (Fsp3) is 0. The van der Waals surface area contributed by atoms with E-state index in [2.05, 4.69) is 48.5 Å². The lowest BCUT2D eigenvalue weighted by Gasteiger charge is -1.92. The predicted octanol–water partition coefficient (Wildman–Crippen LogP) is 1.73. The monoisotopic (exact) mass is 256 g/mol. The number of fused-ring (bicyclic) bond motifs is 1. The molecule has 6 heteroatoms. The van der Waals surface area contributed by atoms with Crippen molar-refractivity contribution in [1.82, 2.24) is 0 Å². The first-order valence-corrected chi connectivity index (χ1v) is 6.04. The molecule has 0 amide bonds. The van der Waals surface area contributed by atoms with Crippen LogP contribution in [0.2, 0.25) is 0 Å². The van der Waals surface area contributed by atoms with Crippen LogP contribution in [0, 0.1) is 0 Å². The number of phosphoric acid groups is 1. The van der Waals surface area contributed by atoms with Gasteiger partial charge < -0.3 is 19.5 Å². The number of hydrogen-bond donors (Lipinski definition) is 3. The molecule has 0 saturated carbocycles. The zero-order chi connectivity index (χ0) is 13.3. The van der Waals surface area contributed by atoms with Gasteiger partial charge in [0, 0.05) is 0 Å². The van der Waals surface area contributed by atoms with Crippen molar-refractivity contribution in [3.63, 3.8) is 0 Å². The molecule has 92 valence electrons. The summed E-state index contributed by atoms with van der Waals surface area (Å²) >= 11 is 0. The van der Waals surface area contributed by atoms with Gasteiger partial charge >= 0.3 is 7.82 Å². The fourth-order valence-corrected chi connectivity index (χ4v) is 1.13. The van der Waals surface area contributed by atoms with E-state index >= 15 is 0 Å². The van der Waals surface area contributed by atoms with Crippen molar-refractivity contribution in [3.05, 3.63) is 48.5 Å². The molecular weight excluding hydrogens is 243 g/mol. The van der Waals surface area contributed by atoms with Crippen molar-refractivity contribution in [2.45, 2.75) is 0 Å². The van der Waals surface area contributed by atoms with E-state index in [1.54, 1.807) is 0 Å². The fourth-order valence-electron chi connectivity index (χ4n) is 1.13. The van der Waals surface area contributed by atoms with Crippen LogP contribution >= 0.6 is 7.82 Å². The van der Waals surface area contributed by atoms with E-state index in [9.17, 15) is 0 Å². The van der Waals surface area contributed by atoms with Crippen molar-refractivity contribution in [1.29, 1.82) is 0 Å². The Labute approximate surface area is 98.6 Å². The van der Waals surface area contributed by atoms with Crippen LogP contribution in [0.5, 0.6) is 0 Å². The average Bonchev–Trinajstić information content (AvgIpc) is 2.30. The molecule has 3 N–H and O–H groups in total. The maximum atomic E-state index is 8.88. The molecule has 0 unspecified atom stereocenters. The summed E-state index contributed by atoms with van der Waals surface area (Å²) in [6.07, 6.45) is 0. The van der Waals surface area contributed by atoms with E-state index in [0.29, 0.717) is 0 Å². The highest BCUT2D eigenvalue weighted by molar-refractivity contribution is 7.45. The number of carbonyl (C=O) groups excluding carboxylic acids is 1. The van der Waals surface area contributed by atoms with Crippen molar-refractivity contribution < 1.29 is 24.0 Å². The molecule has 0 aromatic heterocycles. The average molecular weight is 256 g/mol. The normalized spacial score (nSPS) is 9.59. The van der Waals surface area contributed by atoms with Gasteiger partial charge in [0.2, 0.25) is 0 Å². The van der Waals surface area contributed by atoms with Crippen molar-refractivity contribution in [2.24, 2.45) is 0 Å². The summed E-state index contributed by atoms with van der Waals surface area (Å²) in [6.45, 7) is 2.00. The molecule has 17 heavy (non-hydrogen) atoms. The zero-order valence-corrected chi connectivity index (χ0v) is 9.83. The van der Waals surface area contributed by atoms with Crippen molar-refractivity contribution in [3.8, 4) is 0 Å². The van der Waals surface area contributed by atoms with Crippen LogP contribution in [0.25, 0.3) is 10.8 Å². The molecule has 0 spiro atoms. The maximum Gasteiger partial charge on any atom is 0.466 e. The van der Waals surface area contributed by atoms with Gasteiger partial charge in [-0.05, 0) is 10.8 Å². The van der Waals surface area contributed by atoms with Gasteiger partial charge in [-0.3, -0.25) is 0 Å². The lowest BCUT2D eigenvalue weighted by molar-refractivity contribution is -0.0980. The molecular formula is C11H13O5P. The summed E-state index contributed by atoms with van der Waals surface area (Å²) in [5.41, 5.74) is 0. The first-order chi connectivity index (χ1) is 7.97. The van der Waals surface area contributed by atoms with Crippen molar-refractivity contribution in [2.75, 3.05) is 0 Å². The third-order valence-electron chi connectivity index (χ3n) is 1.66. The predicted molar refractivity (Wildman–Crippen MR) is 65.3 cm³/mol. The summed E-state index contributed by atoms with van der Waals surface area (Å²) in [6, 6.07) is 16.7. The number of hydrogen-bond acceptors (Lipinski definition) is 2. The van der Waals surface area contributed by atoms with Crippen LogP contribution in [-0.2, 0) is 9.36 Å². The van der Waals surface area contributed by atoms with Crippen LogP contribution in [-0.4, -0.2) is 21.5 Å². The lowest BCUT2D eigenvalue weighted by atomic mass is 10.1. The highest BCUT2D eigenvalue weighted by Crippen LogP contribution is 2.25. The summed E-state index contributed by atoms with van der Waals surface area (Å²) in [7, 11) is -4.64. The van der Waals surface area contributed by atoms with Gasteiger partial charge in [-0.1, -0.05) is 48.5 Å². The number of carbonyl (C=O) groups is 1. The molecule has 0 aliphatic rings. The Bertz CT molecular complexity index is 420. The smallest absolute Gasteiger partial charge is 0.307 e. The largest absolute Gasteiger partial charge is 0.466 e. The SMILES string of the molecule is C=O.O=P(O)(O)O.c1ccc2ccccc2c1. The molecule has 2 rings (SSSR count). The van der Waals surface area contributed by atoms with Gasteiger partial charge in [0.1, 0.15) is 6.79 Å². The molecule has 2 aromatic carbocycles. The van der Waals surface area contributed by atoms with Gasteiger partial charge in [0.25, 0.3) is 0 Å². The summed E-state index contributed by atoms with van der Waals surface area (Å²) < 4.78 is 8.88. The third kappa shape index (κ3) is 8.30. The molecule has 2 aromatic rings. The van der Waals surface area contributed by atoms with Gasteiger partial charge in [0.05, 0.1) is 0 Å². The van der Waals surface area contributed by atoms with E-state index in [1.165, 1.54) is 10.8 Å². The summed E-state index contributed by atoms with van der Waals surface area (Å²) in [4.78, 5) is 29.6. The summed E-state index contributed by atoms with van der Waals surface area (Å²) in [5, 5.41) is 2.62. The molecule has 0 aliphatic carbocycles. The van der Waals surface area contributed by atoms with E-state index < -0.39 is 7.82 Å². The second-order valence-corrected chi connectivity index (χ2v) is 3.89. The summed E-state index contributed by atoms with van der Waals surface area (Å²) in [5.74, 6) is 0. The van der Waals surface area contributed by atoms with E-state index in [-0.39, 0.29) is 0 Å². The molecule has 0 heterocycles. The third-order valence-corrected chi connectivity index (χ3v) is 1.66. The maximum absolute atomic E-state index is 8.88. The molecule has 5 nitrogen and oxygen atoms in total. The number of rotatable bonds is 0. The first-order valence-electron chi connectivity index (χ1n) is 4.48. The molecule has 0 radical (unpaired) electrons. The molecule has 0 saturated heterocycles. The van der Waals surface area contributed by atoms with E-state index in [0.717, 1.165) is 0 Å². The van der Waals surface area contributed by atoms with E-state index in [1.807, 2.05) is 6.79 Å². The molecule has 0 atom stereocenters. The van der Waals surface area contributed by atoms with Gasteiger partial charge in [-0.2, -0.15) is 0 Å². The number of benzene rings is 2. The Hall–Kier alpha value is -1.52. The minimum atomic E-state index is -4.64. The Morgan fingerprint density at radius 2 is 0.941 bits per heavy atom. The van der Waals surface area contributed by atoms with Crippen LogP contribution < -0.4 is 0 Å². The zero-order valence-electron chi connectivity index (χ0n) is 8.93. The minimum absolute atomic E-state index is 1.31. The second-order valence-electron chi connectivity index (χ2n) is 2.86. The minimum Gasteiger partial charge on any atom is -0.307 e. The Morgan fingerprint density at radius 3 is 1.12 bits per heavy atom. The Morgan fingerprint density at radius 1 is 0.765 bits per heavy atom. The lowest BCUT2D eigenvalue weighted by Crippen LogP contribution is -1.67. The molecule has 0 bridgehead atoms. The van der Waals surface area contributed by atoms with Gasteiger partial charge in [-0.15, -0.1) is 0 Å².